The summed E-state index contributed by atoms with van der Waals surface area (Å²) in [6.07, 6.45) is 1.69. The Morgan fingerprint density at radius 1 is 1.44 bits per heavy atom. The molecule has 1 amide bonds. The number of nitrogens with zero attached hydrogens (tertiary/aromatic N) is 2. The summed E-state index contributed by atoms with van der Waals surface area (Å²) in [4.78, 5) is 21.0. The van der Waals surface area contributed by atoms with Crippen LogP contribution in [0.4, 0.5) is 0 Å². The third-order valence-electron chi connectivity index (χ3n) is 1.99. The third kappa shape index (κ3) is 2.07. The Bertz CT molecular complexity index is 523. The van der Waals surface area contributed by atoms with Gasteiger partial charge < -0.3 is 0 Å². The Morgan fingerprint density at radius 3 is 2.94 bits per heavy atom. The molecule has 0 saturated carbocycles. The van der Waals surface area contributed by atoms with Gasteiger partial charge in [-0.15, -0.1) is 11.3 Å². The van der Waals surface area contributed by atoms with Crippen molar-refractivity contribution in [1.29, 1.82) is 0 Å². The van der Waals surface area contributed by atoms with Gasteiger partial charge in [0.1, 0.15) is 5.82 Å². The van der Waals surface area contributed by atoms with Crippen LogP contribution < -0.4 is 11.3 Å². The monoisotopic (exact) mass is 234 g/mol. The highest BCUT2D eigenvalue weighted by atomic mass is 32.1. The molecule has 0 bridgehead atoms. The first kappa shape index (κ1) is 10.7. The third-order valence-corrected chi connectivity index (χ3v) is 3.10. The smallest absolute Gasteiger partial charge is 0.275 e. The molecule has 0 aliphatic carbocycles. The zero-order valence-electron chi connectivity index (χ0n) is 8.60. The fourth-order valence-electron chi connectivity index (χ4n) is 1.26. The zero-order chi connectivity index (χ0) is 11.5. The quantitative estimate of drug-likeness (QED) is 0.463. The van der Waals surface area contributed by atoms with E-state index in [9.17, 15) is 4.79 Å². The molecule has 2 aromatic rings. The number of carbonyl (C=O) groups excluding carboxylic acids is 1. The van der Waals surface area contributed by atoms with Crippen LogP contribution in [0.1, 0.15) is 15.5 Å². The fraction of sp³-hybridized carbons (Fsp3) is 0.100. The van der Waals surface area contributed by atoms with Crippen LogP contribution in [0.2, 0.25) is 0 Å². The fourth-order valence-corrected chi connectivity index (χ4v) is 2.14. The SMILES string of the molecule is Cc1nccc(-c2ccc(C(=O)NN)s2)n1. The molecule has 0 saturated heterocycles. The van der Waals surface area contributed by atoms with Crippen LogP contribution in [0.3, 0.4) is 0 Å². The van der Waals surface area contributed by atoms with Crippen molar-refractivity contribution in [3.63, 3.8) is 0 Å². The molecule has 0 aliphatic rings. The number of carbonyl (C=O) groups is 1. The van der Waals surface area contributed by atoms with Gasteiger partial charge in [-0.1, -0.05) is 0 Å². The van der Waals surface area contributed by atoms with E-state index in [1.807, 2.05) is 19.1 Å². The van der Waals surface area contributed by atoms with Crippen LogP contribution in [0, 0.1) is 6.92 Å². The molecule has 5 nitrogen and oxygen atoms in total. The van der Waals surface area contributed by atoms with Gasteiger partial charge in [0.25, 0.3) is 5.91 Å². The van der Waals surface area contributed by atoms with Crippen molar-refractivity contribution in [3.05, 3.63) is 35.1 Å². The summed E-state index contributed by atoms with van der Waals surface area (Å²) < 4.78 is 0. The average Bonchev–Trinajstić information content (AvgIpc) is 2.77. The van der Waals surface area contributed by atoms with Crippen molar-refractivity contribution < 1.29 is 4.79 Å². The first-order chi connectivity index (χ1) is 7.70. The molecule has 6 heteroatoms. The van der Waals surface area contributed by atoms with Gasteiger partial charge in [0.05, 0.1) is 15.4 Å². The zero-order valence-corrected chi connectivity index (χ0v) is 9.41. The van der Waals surface area contributed by atoms with Crippen LogP contribution in [-0.4, -0.2) is 15.9 Å². The number of aryl methyl sites for hydroxylation is 1. The number of hydrazine groups is 1. The Kier molecular flexibility index (Phi) is 2.93. The number of thiophene rings is 1. The lowest BCUT2D eigenvalue weighted by atomic mass is 10.3. The van der Waals surface area contributed by atoms with Crippen molar-refractivity contribution in [3.8, 4) is 10.6 Å². The molecule has 0 atom stereocenters. The minimum Gasteiger partial charge on any atom is -0.289 e. The maximum absolute atomic E-state index is 11.3. The number of aromatic nitrogens is 2. The molecule has 82 valence electrons. The Morgan fingerprint density at radius 2 is 2.25 bits per heavy atom. The highest BCUT2D eigenvalue weighted by Gasteiger charge is 2.09. The normalized spacial score (nSPS) is 10.1. The molecular formula is C10H10N4OS. The van der Waals surface area contributed by atoms with Crippen LogP contribution in [-0.2, 0) is 0 Å². The van der Waals surface area contributed by atoms with Crippen LogP contribution in [0.25, 0.3) is 10.6 Å². The van der Waals surface area contributed by atoms with E-state index >= 15 is 0 Å². The van der Waals surface area contributed by atoms with Crippen molar-refractivity contribution in [1.82, 2.24) is 15.4 Å². The second-order valence-electron chi connectivity index (χ2n) is 3.13. The summed E-state index contributed by atoms with van der Waals surface area (Å²) in [6.45, 7) is 1.82. The summed E-state index contributed by atoms with van der Waals surface area (Å²) in [7, 11) is 0. The molecule has 0 fully saturated rings. The highest BCUT2D eigenvalue weighted by molar-refractivity contribution is 7.17. The lowest BCUT2D eigenvalue weighted by molar-refractivity contribution is 0.0957. The predicted octanol–water partition coefficient (Wildman–Crippen LogP) is 1.12. The number of amides is 1. The van der Waals surface area contributed by atoms with Crippen LogP contribution in [0.15, 0.2) is 24.4 Å². The Labute approximate surface area is 96.3 Å². The molecule has 16 heavy (non-hydrogen) atoms. The van der Waals surface area contributed by atoms with Gasteiger partial charge in [0.15, 0.2) is 0 Å². The molecule has 0 aromatic carbocycles. The summed E-state index contributed by atoms with van der Waals surface area (Å²) in [5.41, 5.74) is 2.91. The van der Waals surface area contributed by atoms with Crippen molar-refractivity contribution >= 4 is 17.2 Å². The summed E-state index contributed by atoms with van der Waals surface area (Å²) in [5.74, 6) is 5.47. The molecular weight excluding hydrogens is 224 g/mol. The minimum atomic E-state index is -0.290. The van der Waals surface area contributed by atoms with Gasteiger partial charge in [-0.3, -0.25) is 10.2 Å². The Balaban J connectivity index is 2.35. The number of hydrogen-bond donors (Lipinski definition) is 2. The highest BCUT2D eigenvalue weighted by Crippen LogP contribution is 2.26. The Hall–Kier alpha value is -1.79. The predicted molar refractivity (Wildman–Crippen MR) is 61.7 cm³/mol. The van der Waals surface area contributed by atoms with E-state index in [1.54, 1.807) is 12.3 Å². The van der Waals surface area contributed by atoms with Crippen molar-refractivity contribution in [2.24, 2.45) is 5.84 Å². The van der Waals surface area contributed by atoms with Crippen LogP contribution >= 0.6 is 11.3 Å². The number of rotatable bonds is 2. The first-order valence-corrected chi connectivity index (χ1v) is 5.43. The molecule has 3 N–H and O–H groups in total. The summed E-state index contributed by atoms with van der Waals surface area (Å²) in [6, 6.07) is 5.37. The van der Waals surface area contributed by atoms with Gasteiger partial charge in [0, 0.05) is 6.20 Å². The van der Waals surface area contributed by atoms with Gasteiger partial charge in [0.2, 0.25) is 0 Å². The summed E-state index contributed by atoms with van der Waals surface area (Å²) in [5, 5.41) is 0. The lowest BCUT2D eigenvalue weighted by Gasteiger charge is -1.97. The standard InChI is InChI=1S/C10H10N4OS/c1-6-12-5-4-7(13-6)8-2-3-9(16-8)10(15)14-11/h2-5H,11H2,1H3,(H,14,15). The molecule has 2 rings (SSSR count). The van der Waals surface area contributed by atoms with Crippen molar-refractivity contribution in [2.45, 2.75) is 6.92 Å². The second-order valence-corrected chi connectivity index (χ2v) is 4.21. The number of nitrogen functional groups attached to an aromatic ring is 1. The van der Waals surface area contributed by atoms with Gasteiger partial charge in [-0.2, -0.15) is 0 Å². The lowest BCUT2D eigenvalue weighted by Crippen LogP contribution is -2.29. The molecule has 2 aromatic heterocycles. The topological polar surface area (TPSA) is 80.9 Å². The average molecular weight is 234 g/mol. The maximum atomic E-state index is 11.3. The molecule has 0 spiro atoms. The van der Waals surface area contributed by atoms with Gasteiger partial charge in [-0.25, -0.2) is 15.8 Å². The molecule has 0 aliphatic heterocycles. The van der Waals surface area contributed by atoms with Crippen LogP contribution in [0.5, 0.6) is 0 Å². The van der Waals surface area contributed by atoms with E-state index in [0.29, 0.717) is 10.7 Å². The molecule has 0 unspecified atom stereocenters. The second kappa shape index (κ2) is 4.38. The molecule has 2 heterocycles. The van der Waals surface area contributed by atoms with E-state index < -0.39 is 0 Å². The van der Waals surface area contributed by atoms with Gasteiger partial charge >= 0.3 is 0 Å². The van der Waals surface area contributed by atoms with Gasteiger partial charge in [-0.05, 0) is 25.1 Å². The van der Waals surface area contributed by atoms with E-state index in [1.165, 1.54) is 11.3 Å². The van der Waals surface area contributed by atoms with Crippen molar-refractivity contribution in [2.75, 3.05) is 0 Å². The maximum Gasteiger partial charge on any atom is 0.275 e. The number of hydrogen-bond acceptors (Lipinski definition) is 5. The largest absolute Gasteiger partial charge is 0.289 e. The number of nitrogens with two attached hydrogens (primary N) is 1. The number of nitrogens with one attached hydrogen (secondary N) is 1. The first-order valence-electron chi connectivity index (χ1n) is 4.61. The van der Waals surface area contributed by atoms with E-state index in [-0.39, 0.29) is 5.91 Å². The molecule has 0 radical (unpaired) electrons. The van der Waals surface area contributed by atoms with E-state index in [4.69, 9.17) is 5.84 Å². The minimum absolute atomic E-state index is 0.290. The van der Waals surface area contributed by atoms with E-state index in [0.717, 1.165) is 10.6 Å². The summed E-state index contributed by atoms with van der Waals surface area (Å²) >= 11 is 1.35. The van der Waals surface area contributed by atoms with E-state index in [2.05, 4.69) is 15.4 Å².